The van der Waals surface area contributed by atoms with Crippen molar-refractivity contribution in [2.24, 2.45) is 11.8 Å². The summed E-state index contributed by atoms with van der Waals surface area (Å²) in [7, 11) is 1.75. The number of likely N-dealkylation sites (tertiary alicyclic amines) is 1. The van der Waals surface area contributed by atoms with E-state index in [0.717, 1.165) is 38.6 Å². The summed E-state index contributed by atoms with van der Waals surface area (Å²) in [5, 5.41) is 0. The number of halogens is 2. The molecule has 0 spiro atoms. The molecule has 0 aromatic rings. The first-order chi connectivity index (χ1) is 8.62. The monoisotopic (exact) mass is 261 g/mol. The molecule has 1 aliphatic carbocycles. The van der Waals surface area contributed by atoms with Crippen molar-refractivity contribution in [1.29, 1.82) is 0 Å². The summed E-state index contributed by atoms with van der Waals surface area (Å²) in [5.41, 5.74) is 0. The van der Waals surface area contributed by atoms with Crippen LogP contribution in [0.15, 0.2) is 0 Å². The SMILES string of the molecule is COCCCC1CCN(CCC2CC2(F)F)CC1. The fraction of sp³-hybridized carbons (Fsp3) is 1.00. The van der Waals surface area contributed by atoms with Gasteiger partial charge in [0.2, 0.25) is 0 Å². The molecule has 106 valence electrons. The van der Waals surface area contributed by atoms with Crippen molar-refractivity contribution < 1.29 is 13.5 Å². The van der Waals surface area contributed by atoms with E-state index >= 15 is 0 Å². The van der Waals surface area contributed by atoms with Crippen LogP contribution < -0.4 is 0 Å². The molecule has 1 saturated carbocycles. The largest absolute Gasteiger partial charge is 0.385 e. The van der Waals surface area contributed by atoms with Gasteiger partial charge in [-0.1, -0.05) is 0 Å². The second-order valence-corrected chi connectivity index (χ2v) is 5.87. The Morgan fingerprint density at radius 3 is 2.44 bits per heavy atom. The molecule has 0 aromatic heterocycles. The number of piperidine rings is 1. The Bertz CT molecular complexity index is 252. The predicted octanol–water partition coefficient (Wildman–Crippen LogP) is 3.17. The van der Waals surface area contributed by atoms with Crippen LogP contribution in [0.3, 0.4) is 0 Å². The van der Waals surface area contributed by atoms with Gasteiger partial charge in [0.1, 0.15) is 0 Å². The maximum atomic E-state index is 12.8. The number of methoxy groups -OCH3 is 1. The lowest BCUT2D eigenvalue weighted by molar-refractivity contribution is 0.0906. The quantitative estimate of drug-likeness (QED) is 0.653. The summed E-state index contributed by atoms with van der Waals surface area (Å²) in [6.07, 6.45) is 5.66. The number of alkyl halides is 2. The maximum Gasteiger partial charge on any atom is 0.251 e. The minimum absolute atomic E-state index is 0.125. The highest BCUT2D eigenvalue weighted by atomic mass is 19.3. The summed E-state index contributed by atoms with van der Waals surface area (Å²) in [6.45, 7) is 3.91. The van der Waals surface area contributed by atoms with Crippen molar-refractivity contribution in [2.45, 2.75) is 44.4 Å². The first-order valence-corrected chi connectivity index (χ1v) is 7.21. The third-order valence-corrected chi connectivity index (χ3v) is 4.42. The Kier molecular flexibility index (Phi) is 4.96. The van der Waals surface area contributed by atoms with Crippen molar-refractivity contribution in [3.05, 3.63) is 0 Å². The van der Waals surface area contributed by atoms with Gasteiger partial charge in [-0.15, -0.1) is 0 Å². The van der Waals surface area contributed by atoms with Gasteiger partial charge < -0.3 is 9.64 Å². The zero-order valence-electron chi connectivity index (χ0n) is 11.3. The molecule has 0 aromatic carbocycles. The minimum atomic E-state index is -2.33. The fourth-order valence-electron chi connectivity index (χ4n) is 2.94. The molecule has 2 fully saturated rings. The highest BCUT2D eigenvalue weighted by molar-refractivity contribution is 4.95. The van der Waals surface area contributed by atoms with Gasteiger partial charge in [0, 0.05) is 26.1 Å². The lowest BCUT2D eigenvalue weighted by Gasteiger charge is -2.32. The number of rotatable bonds is 7. The van der Waals surface area contributed by atoms with Crippen LogP contribution in [0.2, 0.25) is 0 Å². The van der Waals surface area contributed by atoms with Crippen LogP contribution in [0.5, 0.6) is 0 Å². The molecular formula is C14H25F2NO. The second kappa shape index (κ2) is 6.29. The molecule has 2 aliphatic rings. The van der Waals surface area contributed by atoms with E-state index in [9.17, 15) is 8.78 Å². The smallest absolute Gasteiger partial charge is 0.251 e. The Hall–Kier alpha value is -0.220. The van der Waals surface area contributed by atoms with Crippen molar-refractivity contribution in [3.8, 4) is 0 Å². The van der Waals surface area contributed by atoms with Gasteiger partial charge in [-0.05, 0) is 57.7 Å². The highest BCUT2D eigenvalue weighted by Crippen LogP contribution is 2.50. The molecule has 1 heterocycles. The molecule has 2 rings (SSSR count). The van der Waals surface area contributed by atoms with E-state index in [4.69, 9.17) is 4.74 Å². The molecule has 0 radical (unpaired) electrons. The van der Waals surface area contributed by atoms with Crippen LogP contribution >= 0.6 is 0 Å². The van der Waals surface area contributed by atoms with Crippen molar-refractivity contribution in [2.75, 3.05) is 33.4 Å². The topological polar surface area (TPSA) is 12.5 Å². The molecular weight excluding hydrogens is 236 g/mol. The third-order valence-electron chi connectivity index (χ3n) is 4.42. The summed E-state index contributed by atoms with van der Waals surface area (Å²) < 4.78 is 30.6. The summed E-state index contributed by atoms with van der Waals surface area (Å²) >= 11 is 0. The molecule has 2 nitrogen and oxygen atoms in total. The van der Waals surface area contributed by atoms with Crippen LogP contribution in [-0.4, -0.2) is 44.2 Å². The van der Waals surface area contributed by atoms with Crippen molar-refractivity contribution in [1.82, 2.24) is 4.90 Å². The van der Waals surface area contributed by atoms with Crippen LogP contribution in [0.1, 0.15) is 38.5 Å². The summed E-state index contributed by atoms with van der Waals surface area (Å²) in [5.74, 6) is -1.84. The van der Waals surface area contributed by atoms with Crippen molar-refractivity contribution >= 4 is 0 Å². The summed E-state index contributed by atoms with van der Waals surface area (Å²) in [6, 6.07) is 0. The Labute approximate surface area is 109 Å². The molecule has 1 saturated heterocycles. The van der Waals surface area contributed by atoms with Gasteiger partial charge in [-0.2, -0.15) is 0 Å². The van der Waals surface area contributed by atoms with Gasteiger partial charge in [0.25, 0.3) is 5.92 Å². The van der Waals surface area contributed by atoms with E-state index in [1.165, 1.54) is 19.3 Å². The molecule has 1 unspecified atom stereocenters. The number of ether oxygens (including phenoxy) is 1. The maximum absolute atomic E-state index is 12.8. The van der Waals surface area contributed by atoms with Gasteiger partial charge >= 0.3 is 0 Å². The van der Waals surface area contributed by atoms with E-state index in [1.807, 2.05) is 0 Å². The van der Waals surface area contributed by atoms with E-state index in [-0.39, 0.29) is 12.3 Å². The number of nitrogens with zero attached hydrogens (tertiary/aromatic N) is 1. The van der Waals surface area contributed by atoms with Crippen LogP contribution in [0, 0.1) is 11.8 Å². The lowest BCUT2D eigenvalue weighted by atomic mass is 9.92. The molecule has 18 heavy (non-hydrogen) atoms. The number of hydrogen-bond donors (Lipinski definition) is 0. The van der Waals surface area contributed by atoms with Gasteiger partial charge in [0.05, 0.1) is 0 Å². The second-order valence-electron chi connectivity index (χ2n) is 5.87. The Morgan fingerprint density at radius 1 is 1.22 bits per heavy atom. The molecule has 4 heteroatoms. The average Bonchev–Trinajstić information content (AvgIpc) is 2.96. The first kappa shape index (κ1) is 14.2. The van der Waals surface area contributed by atoms with Gasteiger partial charge in [-0.3, -0.25) is 0 Å². The molecule has 1 atom stereocenters. The molecule has 1 aliphatic heterocycles. The molecule has 0 bridgehead atoms. The van der Waals surface area contributed by atoms with Crippen LogP contribution in [-0.2, 0) is 4.74 Å². The van der Waals surface area contributed by atoms with E-state index < -0.39 is 5.92 Å². The van der Waals surface area contributed by atoms with Crippen LogP contribution in [0.25, 0.3) is 0 Å². The van der Waals surface area contributed by atoms with Gasteiger partial charge in [0.15, 0.2) is 0 Å². The molecule has 0 N–H and O–H groups in total. The summed E-state index contributed by atoms with van der Waals surface area (Å²) in [4.78, 5) is 2.36. The minimum Gasteiger partial charge on any atom is -0.385 e. The number of hydrogen-bond acceptors (Lipinski definition) is 2. The third kappa shape index (κ3) is 4.16. The fourth-order valence-corrected chi connectivity index (χ4v) is 2.94. The molecule has 0 amide bonds. The highest BCUT2D eigenvalue weighted by Gasteiger charge is 2.56. The average molecular weight is 261 g/mol. The van der Waals surface area contributed by atoms with E-state index in [2.05, 4.69) is 4.90 Å². The zero-order chi connectivity index (χ0) is 13.0. The van der Waals surface area contributed by atoms with E-state index in [0.29, 0.717) is 6.42 Å². The Balaban J connectivity index is 1.53. The van der Waals surface area contributed by atoms with Crippen molar-refractivity contribution in [3.63, 3.8) is 0 Å². The lowest BCUT2D eigenvalue weighted by Crippen LogP contribution is -2.34. The van der Waals surface area contributed by atoms with E-state index in [1.54, 1.807) is 7.11 Å². The standard InChI is InChI=1S/C14H25F2NO/c1-18-10-2-3-12-4-7-17(8-5-12)9-6-13-11-14(13,15)16/h12-13H,2-11H2,1H3. The normalized spacial score (nSPS) is 28.5. The first-order valence-electron chi connectivity index (χ1n) is 7.21. The van der Waals surface area contributed by atoms with Crippen LogP contribution in [0.4, 0.5) is 8.78 Å². The Morgan fingerprint density at radius 2 is 1.89 bits per heavy atom. The zero-order valence-corrected chi connectivity index (χ0v) is 11.3. The van der Waals surface area contributed by atoms with Gasteiger partial charge in [-0.25, -0.2) is 8.78 Å². The predicted molar refractivity (Wildman–Crippen MR) is 67.9 cm³/mol.